The molecule has 0 saturated carbocycles. The lowest BCUT2D eigenvalue weighted by Gasteiger charge is -2.13. The lowest BCUT2D eigenvalue weighted by Crippen LogP contribution is -2.09. The van der Waals surface area contributed by atoms with Crippen molar-refractivity contribution < 1.29 is 9.13 Å². The Morgan fingerprint density at radius 3 is 2.70 bits per heavy atom. The van der Waals surface area contributed by atoms with Crippen molar-refractivity contribution in [3.63, 3.8) is 0 Å². The monoisotopic (exact) mass is 295 g/mol. The SMILES string of the molecule is CC(C)Oc1nc(Nc2ccc(Cl)c(F)c2)ccc1N. The molecule has 0 spiro atoms. The average molecular weight is 296 g/mol. The van der Waals surface area contributed by atoms with E-state index < -0.39 is 5.82 Å². The van der Waals surface area contributed by atoms with E-state index in [0.29, 0.717) is 23.1 Å². The van der Waals surface area contributed by atoms with Gasteiger partial charge < -0.3 is 15.8 Å². The van der Waals surface area contributed by atoms with E-state index >= 15 is 0 Å². The molecule has 0 aliphatic carbocycles. The lowest BCUT2D eigenvalue weighted by atomic mass is 10.3. The largest absolute Gasteiger partial charge is 0.473 e. The van der Waals surface area contributed by atoms with Crippen molar-refractivity contribution in [2.24, 2.45) is 0 Å². The van der Waals surface area contributed by atoms with Crippen molar-refractivity contribution in [3.8, 4) is 5.88 Å². The molecule has 0 radical (unpaired) electrons. The van der Waals surface area contributed by atoms with Crippen LogP contribution in [0.25, 0.3) is 0 Å². The molecule has 0 aliphatic rings. The van der Waals surface area contributed by atoms with Crippen LogP contribution >= 0.6 is 11.6 Å². The summed E-state index contributed by atoms with van der Waals surface area (Å²) >= 11 is 5.63. The van der Waals surface area contributed by atoms with E-state index in [0.717, 1.165) is 0 Å². The maximum absolute atomic E-state index is 13.4. The van der Waals surface area contributed by atoms with E-state index in [1.54, 1.807) is 18.2 Å². The minimum atomic E-state index is -0.495. The lowest BCUT2D eigenvalue weighted by molar-refractivity contribution is 0.234. The number of hydrogen-bond acceptors (Lipinski definition) is 4. The molecule has 0 atom stereocenters. The Labute approximate surface area is 121 Å². The van der Waals surface area contributed by atoms with Gasteiger partial charge in [0.15, 0.2) is 0 Å². The highest BCUT2D eigenvalue weighted by Gasteiger charge is 2.07. The zero-order valence-electron chi connectivity index (χ0n) is 11.2. The van der Waals surface area contributed by atoms with E-state index in [1.807, 2.05) is 13.8 Å². The van der Waals surface area contributed by atoms with Crippen LogP contribution in [0.4, 0.5) is 21.6 Å². The number of rotatable bonds is 4. The van der Waals surface area contributed by atoms with Gasteiger partial charge in [0.2, 0.25) is 5.88 Å². The molecule has 0 saturated heterocycles. The number of ether oxygens (including phenoxy) is 1. The van der Waals surface area contributed by atoms with Crippen molar-refractivity contribution in [1.82, 2.24) is 4.98 Å². The summed E-state index contributed by atoms with van der Waals surface area (Å²) in [6.07, 6.45) is -0.0342. The first-order valence-electron chi connectivity index (χ1n) is 6.11. The van der Waals surface area contributed by atoms with Gasteiger partial charge >= 0.3 is 0 Å². The molecule has 0 aliphatic heterocycles. The van der Waals surface area contributed by atoms with Gasteiger partial charge in [-0.05, 0) is 44.2 Å². The summed E-state index contributed by atoms with van der Waals surface area (Å²) in [5.74, 6) is 0.363. The van der Waals surface area contributed by atoms with Gasteiger partial charge in [-0.25, -0.2) is 4.39 Å². The Bertz CT molecular complexity index is 619. The fourth-order valence-corrected chi connectivity index (χ4v) is 1.68. The van der Waals surface area contributed by atoms with E-state index in [4.69, 9.17) is 22.1 Å². The molecule has 0 amide bonds. The third kappa shape index (κ3) is 3.51. The molecule has 0 fully saturated rings. The highest BCUT2D eigenvalue weighted by Crippen LogP contribution is 2.25. The second-order valence-electron chi connectivity index (χ2n) is 4.51. The summed E-state index contributed by atoms with van der Waals surface area (Å²) in [6, 6.07) is 7.80. The van der Waals surface area contributed by atoms with Crippen LogP contribution in [0, 0.1) is 5.82 Å². The number of pyridine rings is 1. The summed E-state index contributed by atoms with van der Waals surface area (Å²) in [7, 11) is 0. The van der Waals surface area contributed by atoms with Crippen LogP contribution in [0.3, 0.4) is 0 Å². The third-order valence-corrected chi connectivity index (χ3v) is 2.74. The zero-order chi connectivity index (χ0) is 14.7. The van der Waals surface area contributed by atoms with Gasteiger partial charge in [-0.1, -0.05) is 11.6 Å². The van der Waals surface area contributed by atoms with E-state index in [9.17, 15) is 4.39 Å². The molecule has 2 aromatic rings. The molecule has 106 valence electrons. The summed E-state index contributed by atoms with van der Waals surface area (Å²) in [6.45, 7) is 3.77. The average Bonchev–Trinajstić information content (AvgIpc) is 2.37. The molecule has 0 unspecified atom stereocenters. The standard InChI is InChI=1S/C14H15ClFN3O/c1-8(2)20-14-12(17)5-6-13(19-14)18-9-3-4-10(15)11(16)7-9/h3-8H,17H2,1-2H3,(H,18,19). The first-order chi connectivity index (χ1) is 9.45. The molecule has 1 aromatic carbocycles. The number of nitrogen functional groups attached to an aromatic ring is 1. The Morgan fingerprint density at radius 1 is 1.30 bits per heavy atom. The number of nitrogens with two attached hydrogens (primary N) is 1. The normalized spacial score (nSPS) is 10.7. The summed E-state index contributed by atoms with van der Waals surface area (Å²) in [4.78, 5) is 4.25. The Kier molecular flexibility index (Phi) is 4.29. The van der Waals surface area contributed by atoms with Crippen LogP contribution in [-0.2, 0) is 0 Å². The number of nitrogens with zero attached hydrogens (tertiary/aromatic N) is 1. The van der Waals surface area contributed by atoms with Crippen molar-refractivity contribution in [2.45, 2.75) is 20.0 Å². The summed E-state index contributed by atoms with van der Waals surface area (Å²) in [5, 5.41) is 3.04. The molecule has 2 rings (SSSR count). The van der Waals surface area contributed by atoms with E-state index in [-0.39, 0.29) is 11.1 Å². The minimum Gasteiger partial charge on any atom is -0.473 e. The van der Waals surface area contributed by atoms with Crippen molar-refractivity contribution in [1.29, 1.82) is 0 Å². The number of nitrogens with one attached hydrogen (secondary N) is 1. The fraction of sp³-hybridized carbons (Fsp3) is 0.214. The number of halogens is 2. The van der Waals surface area contributed by atoms with Crippen molar-refractivity contribution >= 4 is 28.8 Å². The summed E-state index contributed by atoms with van der Waals surface area (Å²) in [5.41, 5.74) is 6.77. The second-order valence-corrected chi connectivity index (χ2v) is 4.92. The predicted octanol–water partition coefficient (Wildman–Crippen LogP) is 3.99. The second kappa shape index (κ2) is 5.96. The Balaban J connectivity index is 2.22. The van der Waals surface area contributed by atoms with Crippen LogP contribution in [0.1, 0.15) is 13.8 Å². The van der Waals surface area contributed by atoms with Gasteiger partial charge in [-0.2, -0.15) is 4.98 Å². The maximum Gasteiger partial charge on any atom is 0.239 e. The van der Waals surface area contributed by atoms with E-state index in [1.165, 1.54) is 12.1 Å². The quantitative estimate of drug-likeness (QED) is 0.895. The van der Waals surface area contributed by atoms with Gasteiger partial charge in [0.1, 0.15) is 11.6 Å². The fourth-order valence-electron chi connectivity index (χ4n) is 1.56. The number of aromatic nitrogens is 1. The molecule has 3 N–H and O–H groups in total. The van der Waals surface area contributed by atoms with Gasteiger partial charge in [0.05, 0.1) is 16.8 Å². The van der Waals surface area contributed by atoms with Crippen LogP contribution in [-0.4, -0.2) is 11.1 Å². The highest BCUT2D eigenvalue weighted by molar-refractivity contribution is 6.30. The van der Waals surface area contributed by atoms with Gasteiger partial charge in [-0.15, -0.1) is 0 Å². The number of anilines is 3. The zero-order valence-corrected chi connectivity index (χ0v) is 11.9. The van der Waals surface area contributed by atoms with Gasteiger partial charge in [0, 0.05) is 5.69 Å². The van der Waals surface area contributed by atoms with Crippen LogP contribution in [0.15, 0.2) is 30.3 Å². The molecule has 4 nitrogen and oxygen atoms in total. The van der Waals surface area contributed by atoms with Gasteiger partial charge in [0.25, 0.3) is 0 Å². The highest BCUT2D eigenvalue weighted by atomic mass is 35.5. The minimum absolute atomic E-state index is 0.0342. The van der Waals surface area contributed by atoms with Crippen LogP contribution < -0.4 is 15.8 Å². The molecule has 6 heteroatoms. The molecule has 1 aromatic heterocycles. The third-order valence-electron chi connectivity index (χ3n) is 2.43. The molecule has 1 heterocycles. The first-order valence-corrected chi connectivity index (χ1v) is 6.49. The first kappa shape index (κ1) is 14.4. The molecular formula is C14H15ClFN3O. The topological polar surface area (TPSA) is 60.2 Å². The smallest absolute Gasteiger partial charge is 0.239 e. The van der Waals surface area contributed by atoms with Crippen molar-refractivity contribution in [2.75, 3.05) is 11.1 Å². The molecule has 20 heavy (non-hydrogen) atoms. The van der Waals surface area contributed by atoms with Crippen molar-refractivity contribution in [3.05, 3.63) is 41.2 Å². The molecule has 0 bridgehead atoms. The number of benzene rings is 1. The molecular weight excluding hydrogens is 281 g/mol. The predicted molar refractivity (Wildman–Crippen MR) is 79.1 cm³/mol. The Hall–Kier alpha value is -2.01. The Morgan fingerprint density at radius 2 is 2.05 bits per heavy atom. The van der Waals surface area contributed by atoms with Gasteiger partial charge in [-0.3, -0.25) is 0 Å². The van der Waals surface area contributed by atoms with E-state index in [2.05, 4.69) is 10.3 Å². The van der Waals surface area contributed by atoms with Crippen LogP contribution in [0.5, 0.6) is 5.88 Å². The summed E-state index contributed by atoms with van der Waals surface area (Å²) < 4.78 is 18.9. The maximum atomic E-state index is 13.4. The number of hydrogen-bond donors (Lipinski definition) is 2. The van der Waals surface area contributed by atoms with Crippen LogP contribution in [0.2, 0.25) is 5.02 Å².